The lowest BCUT2D eigenvalue weighted by Gasteiger charge is -1.97. The number of benzene rings is 1. The highest BCUT2D eigenvalue weighted by molar-refractivity contribution is 6.17. The van der Waals surface area contributed by atoms with Crippen LogP contribution in [0.25, 0.3) is 11.4 Å². The zero-order valence-corrected chi connectivity index (χ0v) is 9.09. The average Bonchev–Trinajstić information content (AvgIpc) is 2.78. The Morgan fingerprint density at radius 3 is 2.29 bits per heavy atom. The molecule has 0 atom stereocenters. The smallest absolute Gasteiger partial charge is 0.329 e. The van der Waals surface area contributed by atoms with Gasteiger partial charge < -0.3 is 4.52 Å². The number of aromatic nitrogens is 2. The molecule has 0 unspecified atom stereocenters. The fourth-order valence-electron chi connectivity index (χ4n) is 1.20. The summed E-state index contributed by atoms with van der Waals surface area (Å²) in [6, 6.07) is 6.54. The molecule has 0 aliphatic rings. The number of hydrogen-bond donors (Lipinski definition) is 0. The molecule has 0 saturated carbocycles. The molecular weight excluding hydrogens is 257 g/mol. The summed E-state index contributed by atoms with van der Waals surface area (Å²) in [5.41, 5.74) is 1.30. The molecule has 2 aromatic rings. The van der Waals surface area contributed by atoms with Gasteiger partial charge >= 0.3 is 12.1 Å². The Bertz CT molecular complexity index is 507. The van der Waals surface area contributed by atoms with Crippen molar-refractivity contribution in [3.8, 4) is 11.4 Å². The summed E-state index contributed by atoms with van der Waals surface area (Å²) in [4.78, 5) is 3.27. The lowest BCUT2D eigenvalue weighted by Crippen LogP contribution is -2.04. The number of alkyl halides is 4. The summed E-state index contributed by atoms with van der Waals surface area (Å²) in [6.07, 6.45) is -4.62. The second-order valence-electron chi connectivity index (χ2n) is 3.25. The van der Waals surface area contributed by atoms with Crippen molar-refractivity contribution >= 4 is 11.6 Å². The number of halogens is 4. The zero-order valence-electron chi connectivity index (χ0n) is 8.33. The van der Waals surface area contributed by atoms with Crippen LogP contribution in [0.15, 0.2) is 28.8 Å². The van der Waals surface area contributed by atoms with E-state index in [2.05, 4.69) is 14.7 Å². The molecule has 0 aliphatic carbocycles. The molecule has 0 amide bonds. The van der Waals surface area contributed by atoms with Crippen LogP contribution >= 0.6 is 11.6 Å². The molecule has 1 aromatic carbocycles. The van der Waals surface area contributed by atoms with Gasteiger partial charge in [0.15, 0.2) is 0 Å². The minimum absolute atomic E-state index is 0.0987. The number of hydrogen-bond acceptors (Lipinski definition) is 3. The van der Waals surface area contributed by atoms with Crippen molar-refractivity contribution in [1.29, 1.82) is 0 Å². The third-order valence-corrected chi connectivity index (χ3v) is 2.34. The van der Waals surface area contributed by atoms with E-state index in [1.165, 1.54) is 0 Å². The first kappa shape index (κ1) is 11.9. The van der Waals surface area contributed by atoms with E-state index in [1.54, 1.807) is 24.3 Å². The van der Waals surface area contributed by atoms with Gasteiger partial charge in [0.05, 0.1) is 0 Å². The van der Waals surface area contributed by atoms with Crippen LogP contribution in [-0.2, 0) is 12.1 Å². The molecular formula is C10H6ClF3N2O. The zero-order chi connectivity index (χ0) is 12.5. The predicted molar refractivity (Wildman–Crippen MR) is 54.3 cm³/mol. The van der Waals surface area contributed by atoms with Crippen molar-refractivity contribution in [3.05, 3.63) is 35.7 Å². The first-order valence-corrected chi connectivity index (χ1v) is 5.10. The monoisotopic (exact) mass is 262 g/mol. The van der Waals surface area contributed by atoms with E-state index < -0.39 is 12.1 Å². The van der Waals surface area contributed by atoms with Crippen LogP contribution in [-0.4, -0.2) is 10.1 Å². The number of rotatable bonds is 2. The van der Waals surface area contributed by atoms with Crippen LogP contribution in [0.5, 0.6) is 0 Å². The Labute approximate surface area is 99.2 Å². The predicted octanol–water partition coefficient (Wildman–Crippen LogP) is 3.49. The molecule has 1 heterocycles. The molecule has 1 aromatic heterocycles. The van der Waals surface area contributed by atoms with E-state index in [0.717, 1.165) is 5.56 Å². The van der Waals surface area contributed by atoms with Crippen LogP contribution in [0.1, 0.15) is 11.5 Å². The van der Waals surface area contributed by atoms with Crippen LogP contribution in [0, 0.1) is 0 Å². The van der Waals surface area contributed by atoms with Gasteiger partial charge in [0, 0.05) is 11.4 Å². The molecule has 17 heavy (non-hydrogen) atoms. The average molecular weight is 263 g/mol. The highest BCUT2D eigenvalue weighted by Crippen LogP contribution is 2.29. The van der Waals surface area contributed by atoms with Crippen molar-refractivity contribution < 1.29 is 17.7 Å². The van der Waals surface area contributed by atoms with Gasteiger partial charge in [-0.3, -0.25) is 0 Å². The molecule has 2 rings (SSSR count). The van der Waals surface area contributed by atoms with E-state index in [4.69, 9.17) is 11.6 Å². The standard InChI is InChI=1S/C10H6ClF3N2O/c11-5-6-1-3-7(4-2-6)8-15-9(17-16-8)10(12,13)14/h1-4H,5H2. The van der Waals surface area contributed by atoms with Gasteiger partial charge in [-0.1, -0.05) is 29.4 Å². The third kappa shape index (κ3) is 2.58. The van der Waals surface area contributed by atoms with Crippen LogP contribution < -0.4 is 0 Å². The molecule has 0 radical (unpaired) electrons. The van der Waals surface area contributed by atoms with Crippen molar-refractivity contribution in [2.24, 2.45) is 0 Å². The maximum Gasteiger partial charge on any atom is 0.471 e. The molecule has 0 fully saturated rings. The maximum absolute atomic E-state index is 12.2. The fraction of sp³-hybridized carbons (Fsp3) is 0.200. The van der Waals surface area contributed by atoms with Gasteiger partial charge in [0.1, 0.15) is 0 Å². The second kappa shape index (κ2) is 4.37. The summed E-state index contributed by atoms with van der Waals surface area (Å²) in [5, 5.41) is 3.27. The lowest BCUT2D eigenvalue weighted by molar-refractivity contribution is -0.159. The highest BCUT2D eigenvalue weighted by atomic mass is 35.5. The Hall–Kier alpha value is -1.56. The molecule has 90 valence electrons. The van der Waals surface area contributed by atoms with Crippen LogP contribution in [0.4, 0.5) is 13.2 Å². The summed E-state index contributed by atoms with van der Waals surface area (Å²) < 4.78 is 40.8. The molecule has 0 saturated heterocycles. The van der Waals surface area contributed by atoms with Gasteiger partial charge in [-0.15, -0.1) is 11.6 Å². The minimum atomic E-state index is -4.62. The summed E-state index contributed by atoms with van der Waals surface area (Å²) in [7, 11) is 0. The fourth-order valence-corrected chi connectivity index (χ4v) is 1.38. The quantitative estimate of drug-likeness (QED) is 0.778. The van der Waals surface area contributed by atoms with E-state index in [9.17, 15) is 13.2 Å². The largest absolute Gasteiger partial charge is 0.471 e. The van der Waals surface area contributed by atoms with Crippen molar-refractivity contribution in [2.75, 3.05) is 0 Å². The van der Waals surface area contributed by atoms with Crippen molar-refractivity contribution in [2.45, 2.75) is 12.1 Å². The van der Waals surface area contributed by atoms with E-state index >= 15 is 0 Å². The second-order valence-corrected chi connectivity index (χ2v) is 3.52. The van der Waals surface area contributed by atoms with Gasteiger partial charge in [0.25, 0.3) is 0 Å². The third-order valence-electron chi connectivity index (χ3n) is 2.03. The first-order valence-electron chi connectivity index (χ1n) is 4.57. The Morgan fingerprint density at radius 1 is 1.18 bits per heavy atom. The van der Waals surface area contributed by atoms with E-state index in [-0.39, 0.29) is 5.82 Å². The van der Waals surface area contributed by atoms with E-state index in [1.807, 2.05) is 0 Å². The SMILES string of the molecule is FC(F)(F)c1nc(-c2ccc(CCl)cc2)no1. The summed E-state index contributed by atoms with van der Waals surface area (Å²) in [5.74, 6) is -1.12. The van der Waals surface area contributed by atoms with Gasteiger partial charge in [-0.05, 0) is 5.56 Å². The molecule has 7 heteroatoms. The first-order chi connectivity index (χ1) is 8.00. The van der Waals surface area contributed by atoms with Crippen molar-refractivity contribution in [1.82, 2.24) is 10.1 Å². The number of nitrogens with zero attached hydrogens (tertiary/aromatic N) is 2. The normalized spacial score (nSPS) is 11.8. The molecule has 3 nitrogen and oxygen atoms in total. The lowest BCUT2D eigenvalue weighted by atomic mass is 10.1. The van der Waals surface area contributed by atoms with Gasteiger partial charge in [-0.25, -0.2) is 0 Å². The maximum atomic E-state index is 12.2. The van der Waals surface area contributed by atoms with Crippen LogP contribution in [0.2, 0.25) is 0 Å². The Morgan fingerprint density at radius 2 is 1.82 bits per heavy atom. The highest BCUT2D eigenvalue weighted by Gasteiger charge is 2.38. The molecule has 0 aliphatic heterocycles. The van der Waals surface area contributed by atoms with Gasteiger partial charge in [-0.2, -0.15) is 18.2 Å². The van der Waals surface area contributed by atoms with Gasteiger partial charge in [0.2, 0.25) is 5.82 Å². The van der Waals surface area contributed by atoms with Crippen molar-refractivity contribution in [3.63, 3.8) is 0 Å². The summed E-state index contributed by atoms with van der Waals surface area (Å²) >= 11 is 5.59. The Balaban J connectivity index is 2.30. The topological polar surface area (TPSA) is 38.9 Å². The molecule has 0 bridgehead atoms. The van der Waals surface area contributed by atoms with E-state index in [0.29, 0.717) is 11.4 Å². The molecule has 0 N–H and O–H groups in total. The van der Waals surface area contributed by atoms with Crippen LogP contribution in [0.3, 0.4) is 0 Å². The summed E-state index contributed by atoms with van der Waals surface area (Å²) in [6.45, 7) is 0. The Kier molecular flexibility index (Phi) is 3.06. The molecule has 0 spiro atoms. The minimum Gasteiger partial charge on any atom is -0.329 e.